The molecular weight excluding hydrogens is 2430 g/mol. The van der Waals surface area contributed by atoms with Crippen LogP contribution >= 0.6 is 0 Å². The van der Waals surface area contributed by atoms with Gasteiger partial charge in [0.1, 0.15) is 0 Å². The van der Waals surface area contributed by atoms with E-state index >= 15 is 0 Å². The number of nitrogens with zero attached hydrogens (tertiary/aromatic N) is 12. The third kappa shape index (κ3) is 24.5. The van der Waals surface area contributed by atoms with Gasteiger partial charge in [0.25, 0.3) is 0 Å². The Morgan fingerprint density at radius 3 is 0.914 bits per heavy atom. The molecule has 12 heterocycles. The number of benzene rings is 12. The van der Waals surface area contributed by atoms with Gasteiger partial charge in [-0.1, -0.05) is 133 Å². The van der Waals surface area contributed by atoms with E-state index in [1.54, 1.807) is 0 Å². The predicted octanol–water partition coefficient (Wildman–Crippen LogP) is 30.1. The van der Waals surface area contributed by atoms with E-state index in [9.17, 15) is 0 Å². The van der Waals surface area contributed by atoms with Gasteiger partial charge < -0.3 is 53.2 Å². The molecule has 12 aromatic heterocycles. The van der Waals surface area contributed by atoms with Gasteiger partial charge >= 0.3 is 0 Å². The Labute approximate surface area is 874 Å². The van der Waals surface area contributed by atoms with Crippen molar-refractivity contribution >= 4 is 87.4 Å². The van der Waals surface area contributed by atoms with Crippen LogP contribution < -0.4 is 0 Å². The molecule has 0 unspecified atom stereocenters. The van der Waals surface area contributed by atoms with Crippen LogP contribution in [0.1, 0.15) is 50.5 Å². The molecule has 16 heteroatoms. The minimum absolute atomic E-state index is 0. The maximum atomic E-state index is 4.89. The van der Waals surface area contributed by atoms with Crippen LogP contribution in [0.3, 0.4) is 0 Å². The molecule has 700 valence electrons. The molecule has 12 nitrogen and oxygen atoms in total. The molecule has 4 radical (unpaired) electrons. The summed E-state index contributed by atoms with van der Waals surface area (Å²) in [5, 5.41) is 8.78. The summed E-state index contributed by atoms with van der Waals surface area (Å²) in [5.74, 6) is 0. The minimum Gasteiger partial charge on any atom is -0.347 e. The van der Waals surface area contributed by atoms with Crippen molar-refractivity contribution in [3.05, 3.63) is 484 Å². The summed E-state index contributed by atoms with van der Waals surface area (Å²) in [5.41, 5.74) is 31.3. The fourth-order valence-corrected chi connectivity index (χ4v) is 17.1. The second-order valence-corrected chi connectivity index (χ2v) is 32.2. The molecule has 0 bridgehead atoms. The van der Waals surface area contributed by atoms with Crippen molar-refractivity contribution < 1.29 is 80.4 Å². The molecule has 0 N–H and O–H groups in total. The second-order valence-electron chi connectivity index (χ2n) is 32.2. The maximum absolute atomic E-state index is 4.89. The van der Waals surface area contributed by atoms with Gasteiger partial charge in [-0.25, -0.2) is 0 Å². The molecule has 0 saturated carbocycles. The van der Waals surface area contributed by atoms with Crippen molar-refractivity contribution in [2.24, 2.45) is 0 Å². The van der Waals surface area contributed by atoms with Gasteiger partial charge in [0.2, 0.25) is 0 Å². The zero-order valence-corrected chi connectivity index (χ0v) is 88.4. The van der Waals surface area contributed by atoms with Crippen LogP contribution in [0.25, 0.3) is 177 Å². The van der Waals surface area contributed by atoms with Crippen LogP contribution in [0.4, 0.5) is 0 Å². The SMILES string of the molecule is CCn1c2ccccc2c2c(-c3[c-]cccc3)nccc21.CCn1c2ccccc2c2cc(-c3[c-]cccc3)ncc21.CCn1c2ccccc2c2ccnc(-c3[c-]cccc3)c21.CCn1c2ccccc2c2nc(-c3[c-]cccc3)ccc21.Cc1cccc(-c2[c-]cccc2)n1.Cc1cccc(-c2[c-]cccc2)n1.Cc1cccc(-c2[c-]cccc2)n1.Cc1cccc(-c2[c-]cccc2)n1.[Ir].[Ir].[Ir].[Ir]. The molecule has 0 aliphatic rings. The third-order valence-corrected chi connectivity index (χ3v) is 23.3. The number of rotatable bonds is 12. The van der Waals surface area contributed by atoms with E-state index in [-0.39, 0.29) is 80.4 Å². The van der Waals surface area contributed by atoms with E-state index in [1.807, 2.05) is 301 Å². The minimum atomic E-state index is 0. The first-order valence-electron chi connectivity index (χ1n) is 46.0. The monoisotopic (exact) mass is 2530 g/mol. The fraction of sp³-hybridized carbons (Fsp3) is 0.0968. The van der Waals surface area contributed by atoms with E-state index in [0.29, 0.717) is 0 Å². The first-order valence-corrected chi connectivity index (χ1v) is 46.0. The first-order chi connectivity index (χ1) is 67.0. The summed E-state index contributed by atoms with van der Waals surface area (Å²) >= 11 is 0. The molecule has 24 aromatic rings. The topological polar surface area (TPSA) is 123 Å². The van der Waals surface area contributed by atoms with E-state index in [2.05, 4.69) is 269 Å². The summed E-state index contributed by atoms with van der Waals surface area (Å²) in [6.45, 7) is 20.4. The average Bonchev–Trinajstić information content (AvgIpc) is 1.61. The largest absolute Gasteiger partial charge is 0.347 e. The van der Waals surface area contributed by atoms with Crippen molar-refractivity contribution in [2.45, 2.75) is 81.6 Å². The Morgan fingerprint density at radius 2 is 0.521 bits per heavy atom. The molecule has 12 aromatic carbocycles. The Kier molecular flexibility index (Phi) is 37.4. The van der Waals surface area contributed by atoms with E-state index in [1.165, 1.54) is 81.8 Å². The number of aryl methyl sites for hydroxylation is 8. The van der Waals surface area contributed by atoms with E-state index in [4.69, 9.17) is 4.98 Å². The Balaban J connectivity index is 0.000000135. The number of para-hydroxylation sites is 4. The molecule has 0 saturated heterocycles. The standard InChI is InChI=1S/4C19H15N2.4C12H10N.4Ir/c1-2-21-18-11-7-6-10-15(18)16-12-17(20-13-19(16)21)14-8-4-3-5-9-14;1-2-21-17-11-7-6-10-15(17)16-12-13-20-18(19(16)21)14-8-4-3-5-9-14;1-2-21-17-11-7-6-10-15(17)19-18(21)13-12-16(20-19)14-8-4-3-5-9-14;1-2-21-16-11-7-6-10-15(16)18-17(21)12-13-20-19(18)14-8-4-3-5-9-14;4*1-10-6-5-9-12(13-10)11-7-3-2-4-8-11;;;;/h4*3-8,10-13H,2H2,1H3;4*2-7,9H,1H3;;;;/q8*-1;;;;. The summed E-state index contributed by atoms with van der Waals surface area (Å²) in [7, 11) is 0. The van der Waals surface area contributed by atoms with Crippen LogP contribution in [-0.2, 0) is 107 Å². The zero-order valence-electron chi connectivity index (χ0n) is 78.8. The van der Waals surface area contributed by atoms with Gasteiger partial charge in [-0.3, -0.25) is 4.98 Å². The second kappa shape index (κ2) is 50.8. The van der Waals surface area contributed by atoms with Crippen LogP contribution in [0.5, 0.6) is 0 Å². The molecule has 0 amide bonds. The average molecular weight is 2530 g/mol. The number of fused-ring (bicyclic) bond motifs is 12. The molecule has 0 spiro atoms. The van der Waals surface area contributed by atoms with E-state index in [0.717, 1.165) is 145 Å². The summed E-state index contributed by atoms with van der Waals surface area (Å²) in [4.78, 5) is 36.4. The van der Waals surface area contributed by atoms with Crippen LogP contribution in [-0.4, -0.2) is 58.1 Å². The maximum Gasteiger partial charge on any atom is 0.0853 e. The number of hydrogen-bond acceptors (Lipinski definition) is 8. The normalized spacial score (nSPS) is 10.5. The Bertz CT molecular complexity index is 7560. The van der Waals surface area contributed by atoms with Crippen molar-refractivity contribution in [3.8, 4) is 90.1 Å². The summed E-state index contributed by atoms with van der Waals surface area (Å²) in [6, 6.07) is 158. The molecule has 0 aliphatic heterocycles. The third-order valence-electron chi connectivity index (χ3n) is 23.3. The number of hydrogen-bond donors (Lipinski definition) is 0. The van der Waals surface area contributed by atoms with Gasteiger partial charge in [-0.05, 0) is 167 Å². The van der Waals surface area contributed by atoms with Crippen molar-refractivity contribution in [3.63, 3.8) is 0 Å². The molecular formula is C124H100Ir4N12-8. The Hall–Kier alpha value is -14.4. The van der Waals surface area contributed by atoms with Crippen molar-refractivity contribution in [2.75, 3.05) is 0 Å². The van der Waals surface area contributed by atoms with Gasteiger partial charge in [0, 0.05) is 214 Å². The molecule has 0 atom stereocenters. The molecule has 140 heavy (non-hydrogen) atoms. The summed E-state index contributed by atoms with van der Waals surface area (Å²) < 4.78 is 9.32. The molecule has 0 aliphatic carbocycles. The van der Waals surface area contributed by atoms with Gasteiger partial charge in [-0.15, -0.1) is 287 Å². The quantitative estimate of drug-likeness (QED) is 0.111. The van der Waals surface area contributed by atoms with E-state index < -0.39 is 0 Å². The van der Waals surface area contributed by atoms with Crippen molar-refractivity contribution in [1.82, 2.24) is 58.1 Å². The van der Waals surface area contributed by atoms with Gasteiger partial charge in [0.05, 0.1) is 22.1 Å². The molecule has 0 fully saturated rings. The fourth-order valence-electron chi connectivity index (χ4n) is 17.1. The van der Waals surface area contributed by atoms with Crippen molar-refractivity contribution in [1.29, 1.82) is 0 Å². The van der Waals surface area contributed by atoms with Crippen LogP contribution in [0.2, 0.25) is 0 Å². The number of pyridine rings is 8. The summed E-state index contributed by atoms with van der Waals surface area (Å²) in [6.07, 6.45) is 5.77. The van der Waals surface area contributed by atoms with Gasteiger partial charge in [0.15, 0.2) is 0 Å². The first kappa shape index (κ1) is 103. The number of aromatic nitrogens is 12. The smallest absolute Gasteiger partial charge is 0.0853 e. The predicted molar refractivity (Wildman–Crippen MR) is 562 cm³/mol. The van der Waals surface area contributed by atoms with Crippen LogP contribution in [0.15, 0.2) is 413 Å². The van der Waals surface area contributed by atoms with Gasteiger partial charge in [-0.2, -0.15) is 0 Å². The Morgan fingerprint density at radius 1 is 0.214 bits per heavy atom. The zero-order chi connectivity index (χ0) is 93.3. The molecule has 24 rings (SSSR count). The van der Waals surface area contributed by atoms with Crippen LogP contribution in [0, 0.1) is 76.2 Å².